The number of allylic oxidation sites excluding steroid dienone is 3. The monoisotopic (exact) mass is 245 g/mol. The number of nitrogens with one attached hydrogen (secondary N) is 1. The molecular formula is C15H19NO2. The van der Waals surface area contributed by atoms with Gasteiger partial charge in [0.15, 0.2) is 0 Å². The molecule has 0 heterocycles. The topological polar surface area (TPSA) is 38.3 Å². The van der Waals surface area contributed by atoms with Crippen molar-refractivity contribution in [3.63, 3.8) is 0 Å². The largest absolute Gasteiger partial charge is 0.492 e. The van der Waals surface area contributed by atoms with E-state index in [1.54, 1.807) is 6.08 Å². The summed E-state index contributed by atoms with van der Waals surface area (Å²) < 4.78 is 5.48. The molecule has 0 spiro atoms. The third kappa shape index (κ3) is 5.89. The van der Waals surface area contributed by atoms with Crippen LogP contribution in [-0.4, -0.2) is 19.1 Å². The second kappa shape index (κ2) is 8.12. The van der Waals surface area contributed by atoms with E-state index in [9.17, 15) is 4.79 Å². The predicted octanol–water partition coefficient (Wildman–Crippen LogP) is 2.62. The zero-order valence-electron chi connectivity index (χ0n) is 10.8. The maximum atomic E-state index is 11.3. The van der Waals surface area contributed by atoms with E-state index in [0.29, 0.717) is 13.2 Å². The molecule has 0 unspecified atom stereocenters. The van der Waals surface area contributed by atoms with Gasteiger partial charge in [-0.25, -0.2) is 0 Å². The lowest BCUT2D eigenvalue weighted by Crippen LogP contribution is -2.26. The van der Waals surface area contributed by atoms with Crippen molar-refractivity contribution in [1.82, 2.24) is 5.32 Å². The van der Waals surface area contributed by atoms with Gasteiger partial charge in [-0.15, -0.1) is 0 Å². The number of hydrogen-bond donors (Lipinski definition) is 1. The third-order valence-electron chi connectivity index (χ3n) is 2.24. The van der Waals surface area contributed by atoms with E-state index in [-0.39, 0.29) is 5.91 Å². The highest BCUT2D eigenvalue weighted by molar-refractivity contribution is 5.87. The van der Waals surface area contributed by atoms with Gasteiger partial charge < -0.3 is 10.1 Å². The fourth-order valence-electron chi connectivity index (χ4n) is 1.29. The van der Waals surface area contributed by atoms with Crippen molar-refractivity contribution < 1.29 is 9.53 Å². The molecular weight excluding hydrogens is 226 g/mol. The SMILES string of the molecule is CC=CC=CC(=O)NCCOc1ccc(C)cc1. The molecule has 1 N–H and O–H groups in total. The maximum Gasteiger partial charge on any atom is 0.244 e. The Morgan fingerprint density at radius 2 is 2.00 bits per heavy atom. The average Bonchev–Trinajstić information content (AvgIpc) is 2.37. The van der Waals surface area contributed by atoms with Gasteiger partial charge in [-0.1, -0.05) is 35.9 Å². The van der Waals surface area contributed by atoms with Gasteiger partial charge in [0.1, 0.15) is 12.4 Å². The van der Waals surface area contributed by atoms with E-state index in [1.807, 2.05) is 50.3 Å². The van der Waals surface area contributed by atoms with Crippen LogP contribution >= 0.6 is 0 Å². The summed E-state index contributed by atoms with van der Waals surface area (Å²) in [5.41, 5.74) is 1.20. The Labute approximate surface area is 108 Å². The van der Waals surface area contributed by atoms with Gasteiger partial charge in [0.2, 0.25) is 5.91 Å². The Balaban J connectivity index is 2.18. The van der Waals surface area contributed by atoms with Crippen LogP contribution < -0.4 is 10.1 Å². The lowest BCUT2D eigenvalue weighted by atomic mass is 10.2. The van der Waals surface area contributed by atoms with Crippen molar-refractivity contribution in [2.24, 2.45) is 0 Å². The summed E-state index contributed by atoms with van der Waals surface area (Å²) in [6, 6.07) is 7.83. The van der Waals surface area contributed by atoms with Crippen LogP contribution in [0.4, 0.5) is 0 Å². The van der Waals surface area contributed by atoms with E-state index >= 15 is 0 Å². The van der Waals surface area contributed by atoms with Crippen LogP contribution in [0.25, 0.3) is 0 Å². The molecule has 0 aromatic heterocycles. The number of ether oxygens (including phenoxy) is 1. The highest BCUT2D eigenvalue weighted by Gasteiger charge is 1.95. The molecule has 0 aliphatic heterocycles. The van der Waals surface area contributed by atoms with Crippen LogP contribution in [0, 0.1) is 6.92 Å². The fourth-order valence-corrected chi connectivity index (χ4v) is 1.29. The molecule has 1 aromatic carbocycles. The quantitative estimate of drug-likeness (QED) is 0.475. The fraction of sp³-hybridized carbons (Fsp3) is 0.267. The first-order chi connectivity index (χ1) is 8.72. The van der Waals surface area contributed by atoms with Crippen molar-refractivity contribution in [2.75, 3.05) is 13.2 Å². The molecule has 18 heavy (non-hydrogen) atoms. The number of rotatable bonds is 6. The Hall–Kier alpha value is -2.03. The summed E-state index contributed by atoms with van der Waals surface area (Å²) in [4.78, 5) is 11.3. The van der Waals surface area contributed by atoms with Gasteiger partial charge in [-0.2, -0.15) is 0 Å². The van der Waals surface area contributed by atoms with Crippen molar-refractivity contribution in [2.45, 2.75) is 13.8 Å². The molecule has 0 aliphatic rings. The third-order valence-corrected chi connectivity index (χ3v) is 2.24. The first kappa shape index (κ1) is 14.0. The van der Waals surface area contributed by atoms with E-state index in [0.717, 1.165) is 5.75 Å². The van der Waals surface area contributed by atoms with Gasteiger partial charge in [-0.05, 0) is 26.0 Å². The van der Waals surface area contributed by atoms with Crippen molar-refractivity contribution in [3.05, 3.63) is 54.1 Å². The van der Waals surface area contributed by atoms with E-state index in [4.69, 9.17) is 4.74 Å². The molecule has 0 aliphatic carbocycles. The molecule has 0 fully saturated rings. The highest BCUT2D eigenvalue weighted by atomic mass is 16.5. The molecule has 1 rings (SSSR count). The minimum absolute atomic E-state index is 0.111. The number of hydrogen-bond acceptors (Lipinski definition) is 2. The molecule has 0 radical (unpaired) electrons. The minimum atomic E-state index is -0.111. The van der Waals surface area contributed by atoms with Gasteiger partial charge in [0.25, 0.3) is 0 Å². The first-order valence-corrected chi connectivity index (χ1v) is 5.99. The van der Waals surface area contributed by atoms with Crippen LogP contribution in [0.5, 0.6) is 5.75 Å². The predicted molar refractivity (Wildman–Crippen MR) is 73.6 cm³/mol. The van der Waals surface area contributed by atoms with Crippen LogP contribution in [0.2, 0.25) is 0 Å². The standard InChI is InChI=1S/C15H19NO2/c1-3-4-5-6-15(17)16-11-12-18-14-9-7-13(2)8-10-14/h3-10H,11-12H2,1-2H3,(H,16,17). The molecule has 96 valence electrons. The van der Waals surface area contributed by atoms with Crippen LogP contribution in [0.1, 0.15) is 12.5 Å². The molecule has 0 saturated carbocycles. The summed E-state index contributed by atoms with van der Waals surface area (Å²) in [6.45, 7) is 4.89. The van der Waals surface area contributed by atoms with Crippen LogP contribution in [0.3, 0.4) is 0 Å². The molecule has 1 aromatic rings. The Bertz CT molecular complexity index is 419. The summed E-state index contributed by atoms with van der Waals surface area (Å²) in [7, 11) is 0. The number of benzene rings is 1. The molecule has 0 atom stereocenters. The van der Waals surface area contributed by atoms with E-state index in [1.165, 1.54) is 11.6 Å². The smallest absolute Gasteiger partial charge is 0.244 e. The number of carbonyl (C=O) groups excluding carboxylic acids is 1. The van der Waals surface area contributed by atoms with Crippen molar-refractivity contribution >= 4 is 5.91 Å². The first-order valence-electron chi connectivity index (χ1n) is 5.99. The lowest BCUT2D eigenvalue weighted by molar-refractivity contribution is -0.116. The summed E-state index contributed by atoms with van der Waals surface area (Å²) in [6.07, 6.45) is 6.87. The van der Waals surface area contributed by atoms with Crippen LogP contribution in [0.15, 0.2) is 48.6 Å². The number of carbonyl (C=O) groups is 1. The van der Waals surface area contributed by atoms with Gasteiger partial charge in [0.05, 0.1) is 6.54 Å². The zero-order chi connectivity index (χ0) is 13.2. The second-order valence-electron chi connectivity index (χ2n) is 3.84. The zero-order valence-corrected chi connectivity index (χ0v) is 10.8. The molecule has 0 bridgehead atoms. The maximum absolute atomic E-state index is 11.3. The van der Waals surface area contributed by atoms with Gasteiger partial charge in [0, 0.05) is 6.08 Å². The summed E-state index contributed by atoms with van der Waals surface area (Å²) in [5, 5.41) is 2.74. The summed E-state index contributed by atoms with van der Waals surface area (Å²) >= 11 is 0. The molecule has 0 saturated heterocycles. The molecule has 3 nitrogen and oxygen atoms in total. The van der Waals surface area contributed by atoms with Crippen molar-refractivity contribution in [3.8, 4) is 5.75 Å². The van der Waals surface area contributed by atoms with Crippen molar-refractivity contribution in [1.29, 1.82) is 0 Å². The Kier molecular flexibility index (Phi) is 6.33. The molecule has 3 heteroatoms. The van der Waals surface area contributed by atoms with E-state index in [2.05, 4.69) is 5.32 Å². The van der Waals surface area contributed by atoms with E-state index < -0.39 is 0 Å². The number of amides is 1. The summed E-state index contributed by atoms with van der Waals surface area (Å²) in [5.74, 6) is 0.708. The lowest BCUT2D eigenvalue weighted by Gasteiger charge is -2.06. The Morgan fingerprint density at radius 3 is 2.67 bits per heavy atom. The van der Waals surface area contributed by atoms with Crippen LogP contribution in [-0.2, 0) is 4.79 Å². The highest BCUT2D eigenvalue weighted by Crippen LogP contribution is 2.10. The normalized spacial score (nSPS) is 11.0. The average molecular weight is 245 g/mol. The minimum Gasteiger partial charge on any atom is -0.492 e. The second-order valence-corrected chi connectivity index (χ2v) is 3.84. The molecule has 1 amide bonds. The Morgan fingerprint density at radius 1 is 1.28 bits per heavy atom. The van der Waals surface area contributed by atoms with Gasteiger partial charge >= 0.3 is 0 Å². The number of aryl methyl sites for hydroxylation is 1. The van der Waals surface area contributed by atoms with Gasteiger partial charge in [-0.3, -0.25) is 4.79 Å².